The van der Waals surface area contributed by atoms with Gasteiger partial charge in [0.15, 0.2) is 11.5 Å². The number of carbonyl (C=O) groups is 1. The molecule has 1 amide bonds. The third-order valence-electron chi connectivity index (χ3n) is 6.08. The van der Waals surface area contributed by atoms with Crippen molar-refractivity contribution >= 4 is 5.91 Å². The van der Waals surface area contributed by atoms with Crippen LogP contribution in [-0.4, -0.2) is 49.4 Å². The monoisotopic (exact) mass is 373 g/mol. The molecule has 0 radical (unpaired) electrons. The van der Waals surface area contributed by atoms with Crippen LogP contribution in [0.4, 0.5) is 0 Å². The average molecular weight is 373 g/mol. The molecule has 2 aliphatic heterocycles. The van der Waals surface area contributed by atoms with E-state index in [9.17, 15) is 4.79 Å². The van der Waals surface area contributed by atoms with Gasteiger partial charge in [-0.2, -0.15) is 0 Å². The number of hydrogen-bond donors (Lipinski definition) is 2. The van der Waals surface area contributed by atoms with Crippen LogP contribution >= 0.6 is 0 Å². The Bertz CT molecular complexity index is 707. The number of carbonyl (C=O) groups excluding carboxylic acids is 1. The van der Waals surface area contributed by atoms with Crippen LogP contribution in [-0.2, 0) is 4.79 Å². The summed E-state index contributed by atoms with van der Waals surface area (Å²) < 4.78 is 16.6. The number of benzene rings is 1. The summed E-state index contributed by atoms with van der Waals surface area (Å²) in [5.74, 6) is 3.87. The number of ether oxygens (including phenoxy) is 3. The van der Waals surface area contributed by atoms with Gasteiger partial charge in [0.1, 0.15) is 18.4 Å². The van der Waals surface area contributed by atoms with E-state index in [0.29, 0.717) is 18.4 Å². The maximum absolute atomic E-state index is 13.0. The molecular weight excluding hydrogens is 346 g/mol. The molecule has 7 heteroatoms. The van der Waals surface area contributed by atoms with E-state index < -0.39 is 0 Å². The van der Waals surface area contributed by atoms with Gasteiger partial charge in [0, 0.05) is 19.2 Å². The van der Waals surface area contributed by atoms with Crippen molar-refractivity contribution in [2.24, 2.45) is 11.8 Å². The minimum atomic E-state index is -0.180. The first-order valence-electron chi connectivity index (χ1n) is 9.99. The Morgan fingerprint density at radius 2 is 1.93 bits per heavy atom. The van der Waals surface area contributed by atoms with Crippen molar-refractivity contribution < 1.29 is 19.0 Å². The Hall–Kier alpha value is -1.99. The first-order chi connectivity index (χ1) is 13.2. The zero-order chi connectivity index (χ0) is 18.4. The summed E-state index contributed by atoms with van der Waals surface area (Å²) in [4.78, 5) is 15.0. The van der Waals surface area contributed by atoms with Gasteiger partial charge in [0.05, 0.1) is 6.04 Å². The van der Waals surface area contributed by atoms with E-state index in [1.54, 1.807) is 0 Å². The second-order valence-corrected chi connectivity index (χ2v) is 8.21. The molecule has 2 unspecified atom stereocenters. The minimum absolute atomic E-state index is 0.0954. The highest BCUT2D eigenvalue weighted by Crippen LogP contribution is 2.47. The van der Waals surface area contributed by atoms with Crippen LogP contribution in [0.15, 0.2) is 18.2 Å². The second kappa shape index (κ2) is 6.87. The molecule has 5 rings (SSSR count). The van der Waals surface area contributed by atoms with Gasteiger partial charge in [-0.1, -0.05) is 0 Å². The average Bonchev–Trinajstić information content (AvgIpc) is 3.60. The number of nitrogens with zero attached hydrogens (tertiary/aromatic N) is 1. The zero-order valence-corrected chi connectivity index (χ0v) is 15.6. The van der Waals surface area contributed by atoms with Gasteiger partial charge in [0.25, 0.3) is 0 Å². The summed E-state index contributed by atoms with van der Waals surface area (Å²) in [6.07, 6.45) is 5.85. The first kappa shape index (κ1) is 17.1. The van der Waals surface area contributed by atoms with Crippen LogP contribution in [0.1, 0.15) is 32.1 Å². The molecule has 4 aliphatic rings. The van der Waals surface area contributed by atoms with Gasteiger partial charge in [-0.25, -0.2) is 5.43 Å². The fourth-order valence-electron chi connectivity index (χ4n) is 4.34. The highest BCUT2D eigenvalue weighted by molar-refractivity contribution is 5.82. The lowest BCUT2D eigenvalue weighted by molar-refractivity contribution is -0.134. The van der Waals surface area contributed by atoms with Crippen LogP contribution in [0.5, 0.6) is 17.2 Å². The third-order valence-corrected chi connectivity index (χ3v) is 6.08. The molecule has 7 nitrogen and oxygen atoms in total. The second-order valence-electron chi connectivity index (χ2n) is 8.21. The highest BCUT2D eigenvalue weighted by Gasteiger charge is 2.46. The van der Waals surface area contributed by atoms with Crippen LogP contribution < -0.4 is 25.1 Å². The molecule has 3 fully saturated rings. The van der Waals surface area contributed by atoms with Crippen molar-refractivity contribution in [2.75, 3.05) is 20.4 Å². The Morgan fingerprint density at radius 1 is 1.19 bits per heavy atom. The molecule has 2 atom stereocenters. The highest BCUT2D eigenvalue weighted by atomic mass is 16.7. The van der Waals surface area contributed by atoms with Crippen LogP contribution in [0.3, 0.4) is 0 Å². The fourth-order valence-corrected chi connectivity index (χ4v) is 4.34. The molecule has 2 heterocycles. The van der Waals surface area contributed by atoms with Crippen molar-refractivity contribution in [1.82, 2.24) is 15.8 Å². The van der Waals surface area contributed by atoms with E-state index >= 15 is 0 Å². The predicted octanol–water partition coefficient (Wildman–Crippen LogP) is 1.68. The van der Waals surface area contributed by atoms with Crippen molar-refractivity contribution in [1.29, 1.82) is 0 Å². The molecule has 0 spiro atoms. The van der Waals surface area contributed by atoms with E-state index in [4.69, 9.17) is 14.2 Å². The lowest BCUT2D eigenvalue weighted by atomic mass is 10.0. The lowest BCUT2D eigenvalue weighted by Gasteiger charge is -2.30. The minimum Gasteiger partial charge on any atom is -0.492 e. The molecule has 1 saturated heterocycles. The maximum Gasteiger partial charge on any atom is 0.241 e. The Labute approximate surface area is 159 Å². The fraction of sp³-hybridized carbons (Fsp3) is 0.650. The molecule has 0 aromatic heterocycles. The SMILES string of the molecule is CN(C(=O)C1CC(COc2ccc3c(c2)OCO3)NN1)C(C1CC1)C1CC1. The molecule has 146 valence electrons. The van der Waals surface area contributed by atoms with Gasteiger partial charge >= 0.3 is 0 Å². The molecule has 2 N–H and O–H groups in total. The molecule has 2 saturated carbocycles. The standard InChI is InChI=1S/C20H27N3O4/c1-23(19(12-2-3-12)13-4-5-13)20(24)16-8-14(21-22-16)10-25-15-6-7-17-18(9-15)27-11-26-17/h6-7,9,12-14,16,19,21-22H,2-5,8,10-11H2,1H3. The van der Waals surface area contributed by atoms with Crippen molar-refractivity contribution in [3.63, 3.8) is 0 Å². The van der Waals surface area contributed by atoms with Gasteiger partial charge in [0.2, 0.25) is 12.7 Å². The smallest absolute Gasteiger partial charge is 0.241 e. The number of hydrazine groups is 1. The summed E-state index contributed by atoms with van der Waals surface area (Å²) in [5, 5.41) is 0. The maximum atomic E-state index is 13.0. The quantitative estimate of drug-likeness (QED) is 0.758. The summed E-state index contributed by atoms with van der Waals surface area (Å²) in [5.41, 5.74) is 6.39. The Morgan fingerprint density at radius 3 is 2.67 bits per heavy atom. The van der Waals surface area contributed by atoms with E-state index in [-0.39, 0.29) is 24.8 Å². The Kier molecular flexibility index (Phi) is 4.36. The molecule has 0 bridgehead atoms. The van der Waals surface area contributed by atoms with E-state index in [2.05, 4.69) is 10.9 Å². The largest absolute Gasteiger partial charge is 0.492 e. The number of fused-ring (bicyclic) bond motifs is 1. The van der Waals surface area contributed by atoms with Gasteiger partial charge < -0.3 is 19.1 Å². The summed E-state index contributed by atoms with van der Waals surface area (Å²) in [6, 6.07) is 5.94. The van der Waals surface area contributed by atoms with Gasteiger partial charge in [-0.05, 0) is 56.1 Å². The summed E-state index contributed by atoms with van der Waals surface area (Å²) in [6.45, 7) is 0.752. The Balaban J connectivity index is 1.13. The van der Waals surface area contributed by atoms with Crippen LogP contribution in [0, 0.1) is 11.8 Å². The zero-order valence-electron chi connectivity index (χ0n) is 15.6. The number of likely N-dealkylation sites (N-methyl/N-ethyl adjacent to an activating group) is 1. The molecule has 1 aromatic carbocycles. The van der Waals surface area contributed by atoms with E-state index in [0.717, 1.165) is 29.8 Å². The number of amides is 1. The third kappa shape index (κ3) is 3.58. The van der Waals surface area contributed by atoms with Gasteiger partial charge in [-0.15, -0.1) is 0 Å². The molecule has 27 heavy (non-hydrogen) atoms. The normalized spacial score (nSPS) is 26.4. The summed E-state index contributed by atoms with van der Waals surface area (Å²) >= 11 is 0. The molecule has 1 aromatic rings. The molecule has 2 aliphatic carbocycles. The van der Waals surface area contributed by atoms with E-state index in [1.165, 1.54) is 25.7 Å². The van der Waals surface area contributed by atoms with Crippen molar-refractivity contribution in [3.05, 3.63) is 18.2 Å². The topological polar surface area (TPSA) is 72.1 Å². The first-order valence-corrected chi connectivity index (χ1v) is 9.99. The number of nitrogens with one attached hydrogen (secondary N) is 2. The van der Waals surface area contributed by atoms with Crippen molar-refractivity contribution in [2.45, 2.75) is 50.2 Å². The number of hydrogen-bond acceptors (Lipinski definition) is 6. The molecular formula is C20H27N3O4. The predicted molar refractivity (Wildman–Crippen MR) is 98.5 cm³/mol. The van der Waals surface area contributed by atoms with Crippen LogP contribution in [0.25, 0.3) is 0 Å². The number of rotatable bonds is 7. The van der Waals surface area contributed by atoms with Gasteiger partial charge in [-0.3, -0.25) is 10.2 Å². The summed E-state index contributed by atoms with van der Waals surface area (Å²) in [7, 11) is 1.99. The van der Waals surface area contributed by atoms with E-state index in [1.807, 2.05) is 30.1 Å². The van der Waals surface area contributed by atoms with Crippen LogP contribution in [0.2, 0.25) is 0 Å². The lowest BCUT2D eigenvalue weighted by Crippen LogP contribution is -2.49. The van der Waals surface area contributed by atoms with Crippen molar-refractivity contribution in [3.8, 4) is 17.2 Å².